The first kappa shape index (κ1) is 15.0. The summed E-state index contributed by atoms with van der Waals surface area (Å²) in [5.74, 6) is -1.47. The minimum Gasteiger partial charge on any atom is -0.478 e. The molecule has 0 bridgehead atoms. The molecule has 1 heterocycles. The third-order valence-electron chi connectivity index (χ3n) is 2.99. The van der Waals surface area contributed by atoms with Gasteiger partial charge in [0.25, 0.3) is 5.91 Å². The Morgan fingerprint density at radius 2 is 1.90 bits per heavy atom. The number of anilines is 1. The van der Waals surface area contributed by atoms with Gasteiger partial charge < -0.3 is 10.4 Å². The minimum absolute atomic E-state index is 0.0780. The number of aromatic carboxylic acids is 1. The van der Waals surface area contributed by atoms with Crippen molar-refractivity contribution in [1.82, 2.24) is 4.98 Å². The summed E-state index contributed by atoms with van der Waals surface area (Å²) in [6, 6.07) is 7.87. The van der Waals surface area contributed by atoms with E-state index in [1.165, 1.54) is 12.1 Å². The van der Waals surface area contributed by atoms with E-state index in [1.54, 1.807) is 25.1 Å². The molecular weight excluding hydrogens is 292 g/mol. The minimum atomic E-state index is -1.07. The van der Waals surface area contributed by atoms with Gasteiger partial charge in [-0.05, 0) is 49.7 Å². The number of carboxylic acids is 1. The van der Waals surface area contributed by atoms with Crippen LogP contribution >= 0.6 is 11.6 Å². The van der Waals surface area contributed by atoms with Gasteiger partial charge in [-0.15, -0.1) is 0 Å². The topological polar surface area (TPSA) is 79.3 Å². The average molecular weight is 305 g/mol. The van der Waals surface area contributed by atoms with E-state index in [0.717, 1.165) is 5.56 Å². The van der Waals surface area contributed by atoms with Crippen molar-refractivity contribution in [3.05, 3.63) is 57.9 Å². The number of carboxylic acid groups (broad SMARTS) is 1. The Balaban J connectivity index is 2.24. The van der Waals surface area contributed by atoms with E-state index in [0.29, 0.717) is 16.4 Å². The Bertz CT molecular complexity index is 729. The van der Waals surface area contributed by atoms with Crippen molar-refractivity contribution in [2.24, 2.45) is 0 Å². The van der Waals surface area contributed by atoms with Crippen LogP contribution < -0.4 is 5.32 Å². The van der Waals surface area contributed by atoms with Crippen LogP contribution in [0.3, 0.4) is 0 Å². The summed E-state index contributed by atoms with van der Waals surface area (Å²) in [4.78, 5) is 27.1. The van der Waals surface area contributed by atoms with E-state index >= 15 is 0 Å². The van der Waals surface area contributed by atoms with Crippen LogP contribution in [-0.4, -0.2) is 22.0 Å². The molecule has 1 aromatic carbocycles. The molecule has 0 aliphatic heterocycles. The maximum absolute atomic E-state index is 12.1. The molecular formula is C15H13ClN2O3. The molecule has 0 atom stereocenters. The van der Waals surface area contributed by atoms with Crippen LogP contribution in [0, 0.1) is 13.8 Å². The fourth-order valence-electron chi connectivity index (χ4n) is 1.87. The number of carbonyl (C=O) groups excluding carboxylic acids is 1. The maximum atomic E-state index is 12.1. The molecule has 5 nitrogen and oxygen atoms in total. The van der Waals surface area contributed by atoms with E-state index in [4.69, 9.17) is 16.7 Å². The molecule has 0 saturated carbocycles. The molecule has 108 valence electrons. The molecule has 0 unspecified atom stereocenters. The molecule has 0 saturated heterocycles. The monoisotopic (exact) mass is 304 g/mol. The summed E-state index contributed by atoms with van der Waals surface area (Å²) in [6.45, 7) is 3.38. The van der Waals surface area contributed by atoms with Gasteiger partial charge in [0.05, 0.1) is 11.3 Å². The zero-order chi connectivity index (χ0) is 15.6. The smallest absolute Gasteiger partial charge is 0.337 e. The molecule has 0 aliphatic carbocycles. The first-order valence-electron chi connectivity index (χ1n) is 6.17. The lowest BCUT2D eigenvalue weighted by Gasteiger charge is -2.09. The Labute approximate surface area is 126 Å². The number of pyridine rings is 1. The standard InChI is InChI=1S/C15H13ClN2O3/c1-8-7-10(16)3-5-12(8)18-14(19)13-6-4-11(15(20)21)9(2)17-13/h3-7H,1-2H3,(H,18,19)(H,20,21). The second kappa shape index (κ2) is 5.93. The number of hydrogen-bond donors (Lipinski definition) is 2. The van der Waals surface area contributed by atoms with E-state index in [-0.39, 0.29) is 11.3 Å². The van der Waals surface area contributed by atoms with Crippen molar-refractivity contribution in [3.63, 3.8) is 0 Å². The summed E-state index contributed by atoms with van der Waals surface area (Å²) in [5.41, 5.74) is 1.99. The Kier molecular flexibility index (Phi) is 4.23. The zero-order valence-corrected chi connectivity index (χ0v) is 12.2. The van der Waals surface area contributed by atoms with Crippen LogP contribution in [0.5, 0.6) is 0 Å². The van der Waals surface area contributed by atoms with Crippen molar-refractivity contribution >= 4 is 29.2 Å². The molecule has 0 radical (unpaired) electrons. The summed E-state index contributed by atoms with van der Waals surface area (Å²) < 4.78 is 0. The molecule has 2 rings (SSSR count). The zero-order valence-electron chi connectivity index (χ0n) is 11.5. The van der Waals surface area contributed by atoms with Crippen LogP contribution in [0.2, 0.25) is 5.02 Å². The molecule has 0 fully saturated rings. The van der Waals surface area contributed by atoms with Gasteiger partial charge in [-0.1, -0.05) is 11.6 Å². The van der Waals surface area contributed by atoms with Crippen LogP contribution in [-0.2, 0) is 0 Å². The number of aromatic nitrogens is 1. The summed E-state index contributed by atoms with van der Waals surface area (Å²) >= 11 is 5.86. The molecule has 21 heavy (non-hydrogen) atoms. The Hall–Kier alpha value is -2.40. The summed E-state index contributed by atoms with van der Waals surface area (Å²) in [6.07, 6.45) is 0. The fraction of sp³-hybridized carbons (Fsp3) is 0.133. The number of benzene rings is 1. The molecule has 2 aromatic rings. The highest BCUT2D eigenvalue weighted by molar-refractivity contribution is 6.30. The molecule has 1 aromatic heterocycles. The molecule has 2 N–H and O–H groups in total. The molecule has 6 heteroatoms. The highest BCUT2D eigenvalue weighted by Gasteiger charge is 2.13. The van der Waals surface area contributed by atoms with Gasteiger partial charge in [0.2, 0.25) is 0 Å². The number of rotatable bonds is 3. The number of halogens is 1. The normalized spacial score (nSPS) is 10.2. The van der Waals surface area contributed by atoms with Crippen molar-refractivity contribution in [2.45, 2.75) is 13.8 Å². The van der Waals surface area contributed by atoms with Gasteiger partial charge >= 0.3 is 5.97 Å². The van der Waals surface area contributed by atoms with Crippen molar-refractivity contribution in [2.75, 3.05) is 5.32 Å². The number of carbonyl (C=O) groups is 2. The van der Waals surface area contributed by atoms with E-state index < -0.39 is 11.9 Å². The van der Waals surface area contributed by atoms with Crippen molar-refractivity contribution in [3.8, 4) is 0 Å². The second-order valence-corrected chi connectivity index (χ2v) is 4.98. The average Bonchev–Trinajstić information content (AvgIpc) is 2.41. The SMILES string of the molecule is Cc1cc(Cl)ccc1NC(=O)c1ccc(C(=O)O)c(C)n1. The lowest BCUT2D eigenvalue weighted by Crippen LogP contribution is -2.16. The fourth-order valence-corrected chi connectivity index (χ4v) is 2.09. The summed E-state index contributed by atoms with van der Waals surface area (Å²) in [7, 11) is 0. The first-order valence-corrected chi connectivity index (χ1v) is 6.54. The number of nitrogens with one attached hydrogen (secondary N) is 1. The van der Waals surface area contributed by atoms with Crippen LogP contribution in [0.15, 0.2) is 30.3 Å². The third-order valence-corrected chi connectivity index (χ3v) is 3.22. The van der Waals surface area contributed by atoms with Crippen molar-refractivity contribution in [1.29, 1.82) is 0 Å². The number of amides is 1. The van der Waals surface area contributed by atoms with Gasteiger partial charge in [-0.3, -0.25) is 4.79 Å². The predicted molar refractivity (Wildman–Crippen MR) is 80.1 cm³/mol. The first-order chi connectivity index (χ1) is 9.88. The summed E-state index contributed by atoms with van der Waals surface area (Å²) in [5, 5.41) is 12.3. The predicted octanol–water partition coefficient (Wildman–Crippen LogP) is 3.30. The number of hydrogen-bond acceptors (Lipinski definition) is 3. The quantitative estimate of drug-likeness (QED) is 0.912. The lowest BCUT2D eigenvalue weighted by molar-refractivity contribution is 0.0695. The van der Waals surface area contributed by atoms with E-state index in [1.807, 2.05) is 6.92 Å². The lowest BCUT2D eigenvalue weighted by atomic mass is 10.1. The van der Waals surface area contributed by atoms with Crippen molar-refractivity contribution < 1.29 is 14.7 Å². The maximum Gasteiger partial charge on any atom is 0.337 e. The number of aryl methyl sites for hydroxylation is 2. The second-order valence-electron chi connectivity index (χ2n) is 4.55. The van der Waals surface area contributed by atoms with Crippen LogP contribution in [0.1, 0.15) is 32.1 Å². The highest BCUT2D eigenvalue weighted by atomic mass is 35.5. The van der Waals surface area contributed by atoms with Gasteiger partial charge in [-0.2, -0.15) is 0 Å². The van der Waals surface area contributed by atoms with Gasteiger partial charge in [0, 0.05) is 10.7 Å². The molecule has 0 aliphatic rings. The molecule has 1 amide bonds. The third kappa shape index (κ3) is 3.38. The van der Waals surface area contributed by atoms with E-state index in [9.17, 15) is 9.59 Å². The largest absolute Gasteiger partial charge is 0.478 e. The Morgan fingerprint density at radius 1 is 1.19 bits per heavy atom. The van der Waals surface area contributed by atoms with Gasteiger partial charge in [0.15, 0.2) is 0 Å². The van der Waals surface area contributed by atoms with E-state index in [2.05, 4.69) is 10.3 Å². The van der Waals surface area contributed by atoms with Gasteiger partial charge in [-0.25, -0.2) is 9.78 Å². The van der Waals surface area contributed by atoms with Crippen LogP contribution in [0.4, 0.5) is 5.69 Å². The Morgan fingerprint density at radius 3 is 2.48 bits per heavy atom. The van der Waals surface area contributed by atoms with Crippen LogP contribution in [0.25, 0.3) is 0 Å². The van der Waals surface area contributed by atoms with Gasteiger partial charge in [0.1, 0.15) is 5.69 Å². The molecule has 0 spiro atoms. The number of nitrogens with zero attached hydrogens (tertiary/aromatic N) is 1. The highest BCUT2D eigenvalue weighted by Crippen LogP contribution is 2.20.